The van der Waals surface area contributed by atoms with E-state index >= 15 is 0 Å². The van der Waals surface area contributed by atoms with E-state index in [1.807, 2.05) is 0 Å². The molecule has 2 heterocycles. The quantitative estimate of drug-likeness (QED) is 0.555. The van der Waals surface area contributed by atoms with Crippen LogP contribution in [0.1, 0.15) is 13.3 Å². The van der Waals surface area contributed by atoms with Crippen molar-refractivity contribution in [1.29, 1.82) is 0 Å². The summed E-state index contributed by atoms with van der Waals surface area (Å²) in [6.45, 7) is 2.92. The number of anilines is 2. The average Bonchev–Trinajstić information content (AvgIpc) is 2.35. The second-order valence-electron chi connectivity index (χ2n) is 3.75. The first-order chi connectivity index (χ1) is 9.17. The zero-order valence-electron chi connectivity index (χ0n) is 10.4. The Morgan fingerprint density at radius 3 is 3.00 bits per heavy atom. The molecule has 7 nitrogen and oxygen atoms in total. The molecule has 0 aliphatic heterocycles. The van der Waals surface area contributed by atoms with Gasteiger partial charge in [-0.15, -0.1) is 0 Å². The summed E-state index contributed by atoms with van der Waals surface area (Å²) < 4.78 is 0. The van der Waals surface area contributed by atoms with Gasteiger partial charge in [0.1, 0.15) is 23.0 Å². The fraction of sp³-hybridized carbons (Fsp3) is 0.273. The van der Waals surface area contributed by atoms with Crippen LogP contribution in [-0.2, 0) is 0 Å². The van der Waals surface area contributed by atoms with E-state index in [-0.39, 0.29) is 11.4 Å². The molecular weight excluding hydrogens is 264 g/mol. The number of H-pyrrole nitrogens is 1. The van der Waals surface area contributed by atoms with Crippen molar-refractivity contribution in [3.8, 4) is 0 Å². The van der Waals surface area contributed by atoms with Crippen LogP contribution in [0.15, 0.2) is 33.4 Å². The molecule has 0 atom stereocenters. The number of rotatable bonds is 5. The van der Waals surface area contributed by atoms with E-state index in [2.05, 4.69) is 32.2 Å². The summed E-state index contributed by atoms with van der Waals surface area (Å²) in [7, 11) is 0. The standard InChI is InChI=1S/C11H14N6OS/c1-2-3-13-8-5-10(15-6-14-8)19-11-16-7(12)4-9(18)17-11/h4-6H,2-3H2,1H3,(H,13,14,15)(H3,12,16,17,18). The van der Waals surface area contributed by atoms with Crippen LogP contribution in [0.5, 0.6) is 0 Å². The third kappa shape index (κ3) is 3.95. The van der Waals surface area contributed by atoms with Crippen LogP contribution < -0.4 is 16.6 Å². The van der Waals surface area contributed by atoms with E-state index in [1.54, 1.807) is 6.07 Å². The molecule has 0 unspecified atom stereocenters. The van der Waals surface area contributed by atoms with Crippen LogP contribution >= 0.6 is 11.8 Å². The first-order valence-corrected chi connectivity index (χ1v) is 6.59. The van der Waals surface area contributed by atoms with Gasteiger partial charge < -0.3 is 16.0 Å². The van der Waals surface area contributed by atoms with Gasteiger partial charge in [0.2, 0.25) is 0 Å². The summed E-state index contributed by atoms with van der Waals surface area (Å²) in [5.74, 6) is 0.926. The van der Waals surface area contributed by atoms with Crippen LogP contribution in [0.4, 0.5) is 11.6 Å². The Labute approximate surface area is 114 Å². The minimum absolute atomic E-state index is 0.185. The highest BCUT2D eigenvalue weighted by molar-refractivity contribution is 7.99. The lowest BCUT2D eigenvalue weighted by atomic mass is 10.4. The van der Waals surface area contributed by atoms with Crippen molar-refractivity contribution in [2.75, 3.05) is 17.6 Å². The molecule has 0 fully saturated rings. The maximum atomic E-state index is 11.3. The van der Waals surface area contributed by atoms with E-state index < -0.39 is 0 Å². The molecule has 2 aromatic heterocycles. The van der Waals surface area contributed by atoms with E-state index in [9.17, 15) is 4.79 Å². The molecule has 0 bridgehead atoms. The first-order valence-electron chi connectivity index (χ1n) is 5.78. The summed E-state index contributed by atoms with van der Waals surface area (Å²) in [5.41, 5.74) is 5.24. The molecular formula is C11H14N6OS. The second-order valence-corrected chi connectivity index (χ2v) is 4.75. The van der Waals surface area contributed by atoms with Crippen LogP contribution in [0, 0.1) is 0 Å². The Morgan fingerprint density at radius 1 is 1.42 bits per heavy atom. The SMILES string of the molecule is CCCNc1cc(Sc2nc(N)cc(=O)[nH]2)ncn1. The van der Waals surface area contributed by atoms with Gasteiger partial charge in [0.05, 0.1) is 0 Å². The molecule has 0 spiro atoms. The monoisotopic (exact) mass is 278 g/mol. The number of nitrogens with two attached hydrogens (primary N) is 1. The minimum atomic E-state index is -0.284. The number of hydrogen-bond donors (Lipinski definition) is 3. The first kappa shape index (κ1) is 13.3. The highest BCUT2D eigenvalue weighted by Gasteiger charge is 2.04. The van der Waals surface area contributed by atoms with Crippen molar-refractivity contribution < 1.29 is 0 Å². The average molecular weight is 278 g/mol. The molecule has 0 amide bonds. The summed E-state index contributed by atoms with van der Waals surface area (Å²) in [4.78, 5) is 26.1. The lowest BCUT2D eigenvalue weighted by molar-refractivity contribution is 0.931. The Morgan fingerprint density at radius 2 is 2.26 bits per heavy atom. The highest BCUT2D eigenvalue weighted by Crippen LogP contribution is 2.23. The van der Waals surface area contributed by atoms with Crippen LogP contribution in [0.25, 0.3) is 0 Å². The molecule has 8 heteroatoms. The number of nitrogen functional groups attached to an aromatic ring is 1. The van der Waals surface area contributed by atoms with Crippen molar-refractivity contribution in [3.05, 3.63) is 28.8 Å². The molecule has 19 heavy (non-hydrogen) atoms. The molecule has 0 aliphatic rings. The fourth-order valence-electron chi connectivity index (χ4n) is 1.35. The smallest absolute Gasteiger partial charge is 0.253 e. The van der Waals surface area contributed by atoms with Gasteiger partial charge >= 0.3 is 0 Å². The summed E-state index contributed by atoms with van der Waals surface area (Å²) in [6.07, 6.45) is 2.47. The molecule has 100 valence electrons. The maximum Gasteiger partial charge on any atom is 0.253 e. The Bertz CT molecular complexity index is 614. The predicted molar refractivity (Wildman–Crippen MR) is 74.2 cm³/mol. The van der Waals surface area contributed by atoms with Crippen LogP contribution in [-0.4, -0.2) is 26.5 Å². The predicted octanol–water partition coefficient (Wildman–Crippen LogP) is 1.12. The Kier molecular flexibility index (Phi) is 4.35. The number of hydrogen-bond acceptors (Lipinski definition) is 7. The normalized spacial score (nSPS) is 10.4. The third-order valence-corrected chi connectivity index (χ3v) is 2.96. The zero-order valence-corrected chi connectivity index (χ0v) is 11.2. The van der Waals surface area contributed by atoms with Gasteiger partial charge in [0, 0.05) is 18.7 Å². The molecule has 0 radical (unpaired) electrons. The second kappa shape index (κ2) is 6.19. The topological polar surface area (TPSA) is 110 Å². The molecule has 0 aliphatic carbocycles. The van der Waals surface area contributed by atoms with Gasteiger partial charge in [-0.3, -0.25) is 4.79 Å². The van der Waals surface area contributed by atoms with Gasteiger partial charge in [-0.25, -0.2) is 15.0 Å². The summed E-state index contributed by atoms with van der Waals surface area (Å²) in [5, 5.41) is 4.25. The number of aromatic nitrogens is 4. The van der Waals surface area contributed by atoms with Gasteiger partial charge in [0.15, 0.2) is 5.16 Å². The van der Waals surface area contributed by atoms with E-state index in [0.29, 0.717) is 10.2 Å². The van der Waals surface area contributed by atoms with Gasteiger partial charge in [-0.1, -0.05) is 6.92 Å². The summed E-state index contributed by atoms with van der Waals surface area (Å²) in [6, 6.07) is 3.03. The van der Waals surface area contributed by atoms with Crippen LogP contribution in [0.3, 0.4) is 0 Å². The van der Waals surface area contributed by atoms with Crippen molar-refractivity contribution in [2.24, 2.45) is 0 Å². The van der Waals surface area contributed by atoms with Crippen LogP contribution in [0.2, 0.25) is 0 Å². The number of aromatic amines is 1. The van der Waals surface area contributed by atoms with Crippen molar-refractivity contribution in [2.45, 2.75) is 23.5 Å². The summed E-state index contributed by atoms with van der Waals surface area (Å²) >= 11 is 1.23. The maximum absolute atomic E-state index is 11.3. The lowest BCUT2D eigenvalue weighted by Crippen LogP contribution is -2.09. The Hall–Kier alpha value is -2.09. The van der Waals surface area contributed by atoms with Crippen molar-refractivity contribution >= 4 is 23.4 Å². The molecule has 2 aromatic rings. The van der Waals surface area contributed by atoms with E-state index in [4.69, 9.17) is 5.73 Å². The van der Waals surface area contributed by atoms with E-state index in [0.717, 1.165) is 18.8 Å². The molecule has 0 aromatic carbocycles. The third-order valence-electron chi connectivity index (χ3n) is 2.14. The van der Waals surface area contributed by atoms with Crippen molar-refractivity contribution in [3.63, 3.8) is 0 Å². The fourth-order valence-corrected chi connectivity index (χ4v) is 2.12. The van der Waals surface area contributed by atoms with Gasteiger partial charge in [-0.2, -0.15) is 0 Å². The lowest BCUT2D eigenvalue weighted by Gasteiger charge is -2.05. The van der Waals surface area contributed by atoms with Crippen molar-refractivity contribution in [1.82, 2.24) is 19.9 Å². The molecule has 2 rings (SSSR count). The largest absolute Gasteiger partial charge is 0.383 e. The van der Waals surface area contributed by atoms with Gasteiger partial charge in [-0.05, 0) is 18.2 Å². The number of nitrogens with one attached hydrogen (secondary N) is 2. The minimum Gasteiger partial charge on any atom is -0.383 e. The van der Waals surface area contributed by atoms with Gasteiger partial charge in [0.25, 0.3) is 5.56 Å². The zero-order chi connectivity index (χ0) is 13.7. The van der Waals surface area contributed by atoms with E-state index in [1.165, 1.54) is 24.2 Å². The highest BCUT2D eigenvalue weighted by atomic mass is 32.2. The molecule has 4 N–H and O–H groups in total. The Balaban J connectivity index is 2.16. The molecule has 0 saturated heterocycles. The molecule has 0 saturated carbocycles. The number of nitrogens with zero attached hydrogens (tertiary/aromatic N) is 3.